The molecular weight excluding hydrogens is 370 g/mol. The molecule has 2 heterocycles. The summed E-state index contributed by atoms with van der Waals surface area (Å²) < 4.78 is 7.73. The van der Waals surface area contributed by atoms with E-state index in [1.165, 1.54) is 0 Å². The molecule has 0 fully saturated rings. The Morgan fingerprint density at radius 3 is 2.71 bits per heavy atom. The molecule has 0 amide bonds. The molecule has 0 N–H and O–H groups in total. The van der Waals surface area contributed by atoms with Crippen LogP contribution in [-0.2, 0) is 6.42 Å². The van der Waals surface area contributed by atoms with Crippen LogP contribution in [0.15, 0.2) is 41.1 Å². The second-order valence-electron chi connectivity index (χ2n) is 5.51. The summed E-state index contributed by atoms with van der Waals surface area (Å²) in [4.78, 5) is 21.9. The summed E-state index contributed by atoms with van der Waals surface area (Å²) >= 11 is 3.41. The van der Waals surface area contributed by atoms with Gasteiger partial charge in [0.2, 0.25) is 11.6 Å². The summed E-state index contributed by atoms with van der Waals surface area (Å²) in [7, 11) is 1.60. The van der Waals surface area contributed by atoms with Crippen molar-refractivity contribution >= 4 is 27.5 Å². The summed E-state index contributed by atoms with van der Waals surface area (Å²) in [5.74, 6) is 1.21. The van der Waals surface area contributed by atoms with E-state index in [4.69, 9.17) is 4.74 Å². The first-order chi connectivity index (χ1) is 11.6. The molecule has 5 nitrogen and oxygen atoms in total. The Hall–Kier alpha value is -2.21. The van der Waals surface area contributed by atoms with Crippen LogP contribution in [0.4, 0.5) is 0 Å². The van der Waals surface area contributed by atoms with Gasteiger partial charge < -0.3 is 4.74 Å². The SMILES string of the molecule is CCCCc1nc2ncc(Br)cn2c1C(=O)c1ccc(OC)cc1. The number of benzene rings is 1. The van der Waals surface area contributed by atoms with Gasteiger partial charge in [0.05, 0.1) is 17.3 Å². The van der Waals surface area contributed by atoms with Gasteiger partial charge in [0, 0.05) is 18.0 Å². The minimum absolute atomic E-state index is 0.0591. The lowest BCUT2D eigenvalue weighted by atomic mass is 10.0. The van der Waals surface area contributed by atoms with Gasteiger partial charge in [0.15, 0.2) is 0 Å². The van der Waals surface area contributed by atoms with E-state index in [0.717, 1.165) is 35.2 Å². The van der Waals surface area contributed by atoms with Crippen molar-refractivity contribution in [2.75, 3.05) is 7.11 Å². The fourth-order valence-electron chi connectivity index (χ4n) is 2.59. The van der Waals surface area contributed by atoms with Gasteiger partial charge in [0.25, 0.3) is 0 Å². The predicted molar refractivity (Wildman–Crippen MR) is 95.7 cm³/mol. The minimum Gasteiger partial charge on any atom is -0.497 e. The molecule has 3 rings (SSSR count). The molecule has 0 saturated carbocycles. The van der Waals surface area contributed by atoms with E-state index in [1.54, 1.807) is 42.0 Å². The van der Waals surface area contributed by atoms with Crippen molar-refractivity contribution in [1.82, 2.24) is 14.4 Å². The third kappa shape index (κ3) is 3.19. The Balaban J connectivity index is 2.10. The van der Waals surface area contributed by atoms with Crippen molar-refractivity contribution in [2.24, 2.45) is 0 Å². The summed E-state index contributed by atoms with van der Waals surface area (Å²) in [6, 6.07) is 7.12. The maximum Gasteiger partial charge on any atom is 0.234 e. The lowest BCUT2D eigenvalue weighted by Crippen LogP contribution is -2.09. The van der Waals surface area contributed by atoms with Gasteiger partial charge in [-0.1, -0.05) is 13.3 Å². The van der Waals surface area contributed by atoms with Gasteiger partial charge in [-0.3, -0.25) is 9.20 Å². The van der Waals surface area contributed by atoms with Crippen LogP contribution in [-0.4, -0.2) is 27.3 Å². The Kier molecular flexibility index (Phi) is 4.94. The number of aryl methyl sites for hydroxylation is 1. The molecule has 0 radical (unpaired) electrons. The predicted octanol–water partition coefficient (Wildman–Crippen LogP) is 4.07. The van der Waals surface area contributed by atoms with Crippen LogP contribution in [0.2, 0.25) is 0 Å². The quantitative estimate of drug-likeness (QED) is 0.598. The number of nitrogens with zero attached hydrogens (tertiary/aromatic N) is 3. The molecule has 0 saturated heterocycles. The monoisotopic (exact) mass is 387 g/mol. The Bertz CT molecular complexity index is 872. The minimum atomic E-state index is -0.0591. The highest BCUT2D eigenvalue weighted by Crippen LogP contribution is 2.21. The zero-order valence-electron chi connectivity index (χ0n) is 13.6. The molecule has 0 atom stereocenters. The van der Waals surface area contributed by atoms with Crippen molar-refractivity contribution < 1.29 is 9.53 Å². The van der Waals surface area contributed by atoms with Gasteiger partial charge >= 0.3 is 0 Å². The number of hydrogen-bond donors (Lipinski definition) is 0. The number of halogens is 1. The van der Waals surface area contributed by atoms with E-state index in [9.17, 15) is 4.79 Å². The van der Waals surface area contributed by atoms with Crippen molar-refractivity contribution in [3.63, 3.8) is 0 Å². The summed E-state index contributed by atoms with van der Waals surface area (Å²) in [6.07, 6.45) is 6.30. The first-order valence-electron chi connectivity index (χ1n) is 7.85. The van der Waals surface area contributed by atoms with Crippen LogP contribution < -0.4 is 4.74 Å². The molecule has 0 aliphatic rings. The number of carbonyl (C=O) groups is 1. The number of ketones is 1. The third-order valence-electron chi connectivity index (χ3n) is 3.85. The molecule has 0 aliphatic heterocycles. The molecule has 24 heavy (non-hydrogen) atoms. The smallest absolute Gasteiger partial charge is 0.234 e. The van der Waals surface area contributed by atoms with E-state index in [1.807, 2.05) is 6.20 Å². The average Bonchev–Trinajstić information content (AvgIpc) is 2.96. The van der Waals surface area contributed by atoms with Crippen LogP contribution in [0.5, 0.6) is 5.75 Å². The Labute approximate surface area is 148 Å². The number of hydrogen-bond acceptors (Lipinski definition) is 4. The molecule has 1 aromatic carbocycles. The molecule has 0 aliphatic carbocycles. The molecular formula is C18H18BrN3O2. The summed E-state index contributed by atoms with van der Waals surface area (Å²) in [5, 5.41) is 0. The molecule has 124 valence electrons. The van der Waals surface area contributed by atoms with E-state index >= 15 is 0 Å². The maximum atomic E-state index is 13.1. The average molecular weight is 388 g/mol. The fourth-order valence-corrected chi connectivity index (χ4v) is 2.90. The van der Waals surface area contributed by atoms with Crippen LogP contribution in [0.1, 0.15) is 41.5 Å². The van der Waals surface area contributed by atoms with Crippen LogP contribution in [0.3, 0.4) is 0 Å². The van der Waals surface area contributed by atoms with Gasteiger partial charge in [-0.15, -0.1) is 0 Å². The van der Waals surface area contributed by atoms with Crippen molar-refractivity contribution in [3.8, 4) is 5.75 Å². The number of imidazole rings is 1. The van der Waals surface area contributed by atoms with Gasteiger partial charge in [-0.2, -0.15) is 0 Å². The Morgan fingerprint density at radius 1 is 1.29 bits per heavy atom. The van der Waals surface area contributed by atoms with Crippen LogP contribution in [0.25, 0.3) is 5.78 Å². The maximum absolute atomic E-state index is 13.1. The topological polar surface area (TPSA) is 56.5 Å². The number of methoxy groups -OCH3 is 1. The van der Waals surface area contributed by atoms with Gasteiger partial charge in [-0.05, 0) is 53.0 Å². The standard InChI is InChI=1S/C18H18BrN3O2/c1-3-4-5-15-16(22-11-13(19)10-20-18(22)21-15)17(23)12-6-8-14(24-2)9-7-12/h6-11H,3-5H2,1-2H3. The normalized spacial score (nSPS) is 11.0. The number of carbonyl (C=O) groups excluding carboxylic acids is 1. The fraction of sp³-hybridized carbons (Fsp3) is 0.278. The van der Waals surface area contributed by atoms with Crippen molar-refractivity contribution in [1.29, 1.82) is 0 Å². The Morgan fingerprint density at radius 2 is 2.04 bits per heavy atom. The summed E-state index contributed by atoms with van der Waals surface area (Å²) in [5.41, 5.74) is 1.98. The summed E-state index contributed by atoms with van der Waals surface area (Å²) in [6.45, 7) is 2.12. The number of rotatable bonds is 6. The number of ether oxygens (including phenoxy) is 1. The first-order valence-corrected chi connectivity index (χ1v) is 8.64. The second-order valence-corrected chi connectivity index (χ2v) is 6.43. The second kappa shape index (κ2) is 7.13. The van der Waals surface area contributed by atoms with E-state index in [-0.39, 0.29) is 5.78 Å². The number of unbranched alkanes of at least 4 members (excludes halogenated alkanes) is 1. The van der Waals surface area contributed by atoms with E-state index < -0.39 is 0 Å². The van der Waals surface area contributed by atoms with E-state index in [2.05, 4.69) is 32.8 Å². The molecule has 3 aromatic rings. The molecule has 2 aromatic heterocycles. The molecule has 0 unspecified atom stereocenters. The lowest BCUT2D eigenvalue weighted by Gasteiger charge is -2.06. The first kappa shape index (κ1) is 16.6. The van der Waals surface area contributed by atoms with Crippen molar-refractivity contribution in [3.05, 3.63) is 58.1 Å². The highest BCUT2D eigenvalue weighted by molar-refractivity contribution is 9.10. The zero-order valence-corrected chi connectivity index (χ0v) is 15.2. The van der Waals surface area contributed by atoms with Crippen LogP contribution in [0, 0.1) is 0 Å². The number of aromatic nitrogens is 3. The molecule has 6 heteroatoms. The van der Waals surface area contributed by atoms with Crippen molar-refractivity contribution in [2.45, 2.75) is 26.2 Å². The third-order valence-corrected chi connectivity index (χ3v) is 4.26. The highest BCUT2D eigenvalue weighted by Gasteiger charge is 2.21. The highest BCUT2D eigenvalue weighted by atomic mass is 79.9. The zero-order chi connectivity index (χ0) is 17.1. The lowest BCUT2D eigenvalue weighted by molar-refractivity contribution is 0.103. The molecule has 0 bridgehead atoms. The van der Waals surface area contributed by atoms with E-state index in [0.29, 0.717) is 17.0 Å². The molecule has 0 spiro atoms. The van der Waals surface area contributed by atoms with Crippen LogP contribution >= 0.6 is 15.9 Å². The van der Waals surface area contributed by atoms with Gasteiger partial charge in [0.1, 0.15) is 11.4 Å². The van der Waals surface area contributed by atoms with Gasteiger partial charge in [-0.25, -0.2) is 9.97 Å². The number of fused-ring (bicyclic) bond motifs is 1. The largest absolute Gasteiger partial charge is 0.497 e.